The normalized spacial score (nSPS) is 14.5. The van der Waals surface area contributed by atoms with E-state index in [4.69, 9.17) is 9.40 Å². The number of nitrogens with one attached hydrogen (secondary N) is 1. The Labute approximate surface area is 192 Å². The molecule has 1 aliphatic rings. The maximum Gasteiger partial charge on any atom is 0.287 e. The van der Waals surface area contributed by atoms with E-state index in [2.05, 4.69) is 45.1 Å². The van der Waals surface area contributed by atoms with Gasteiger partial charge in [-0.3, -0.25) is 9.78 Å². The molecular weight excluding hydrogens is 424 g/mol. The number of carbonyl (C=O) groups is 1. The largest absolute Gasteiger partial charge is 0.455 e. The summed E-state index contributed by atoms with van der Waals surface area (Å²) in [6.07, 6.45) is 4.29. The van der Waals surface area contributed by atoms with Crippen molar-refractivity contribution in [3.63, 3.8) is 0 Å². The number of piperazine rings is 1. The van der Waals surface area contributed by atoms with Gasteiger partial charge >= 0.3 is 0 Å². The van der Waals surface area contributed by atoms with Gasteiger partial charge in [-0.1, -0.05) is 24.8 Å². The highest BCUT2D eigenvalue weighted by atomic mass is 32.2. The molecule has 1 fully saturated rings. The number of furan rings is 1. The number of amides is 1. The SMILES string of the molecule is CCc1cc(N2CCN(C)CC2)nc(SCc2ccc(C(=O)NCc3cccnc3)o2)n1. The Morgan fingerprint density at radius 1 is 1.19 bits per heavy atom. The lowest BCUT2D eigenvalue weighted by molar-refractivity contribution is 0.0921. The fraction of sp³-hybridized carbons (Fsp3) is 0.391. The number of aryl methyl sites for hydroxylation is 1. The van der Waals surface area contributed by atoms with Crippen LogP contribution in [0.15, 0.2) is 52.3 Å². The van der Waals surface area contributed by atoms with E-state index in [0.717, 1.165) is 54.8 Å². The molecule has 0 atom stereocenters. The highest BCUT2D eigenvalue weighted by Gasteiger charge is 2.18. The smallest absolute Gasteiger partial charge is 0.287 e. The molecule has 0 bridgehead atoms. The van der Waals surface area contributed by atoms with Gasteiger partial charge in [-0.25, -0.2) is 9.97 Å². The van der Waals surface area contributed by atoms with Gasteiger partial charge < -0.3 is 19.5 Å². The summed E-state index contributed by atoms with van der Waals surface area (Å²) in [5, 5.41) is 3.58. The molecule has 3 aromatic rings. The van der Waals surface area contributed by atoms with Crippen molar-refractivity contribution < 1.29 is 9.21 Å². The zero-order valence-corrected chi connectivity index (χ0v) is 19.3. The molecule has 168 valence electrons. The molecule has 4 rings (SSSR count). The molecule has 1 amide bonds. The third-order valence-electron chi connectivity index (χ3n) is 5.34. The van der Waals surface area contributed by atoms with Crippen LogP contribution in [-0.4, -0.2) is 59.0 Å². The van der Waals surface area contributed by atoms with Crippen molar-refractivity contribution in [1.29, 1.82) is 0 Å². The summed E-state index contributed by atoms with van der Waals surface area (Å²) in [5.74, 6) is 2.32. The Morgan fingerprint density at radius 3 is 2.78 bits per heavy atom. The van der Waals surface area contributed by atoms with Gasteiger partial charge in [0.05, 0.1) is 5.75 Å². The van der Waals surface area contributed by atoms with Crippen LogP contribution in [0.4, 0.5) is 5.82 Å². The molecule has 0 aliphatic carbocycles. The molecule has 0 spiro atoms. The van der Waals surface area contributed by atoms with Gasteiger partial charge in [0.25, 0.3) is 5.91 Å². The van der Waals surface area contributed by atoms with Crippen LogP contribution in [-0.2, 0) is 18.7 Å². The lowest BCUT2D eigenvalue weighted by atomic mass is 10.3. The molecule has 0 radical (unpaired) electrons. The molecule has 1 N–H and O–H groups in total. The molecule has 4 heterocycles. The van der Waals surface area contributed by atoms with Crippen molar-refractivity contribution in [3.8, 4) is 0 Å². The second kappa shape index (κ2) is 10.6. The highest BCUT2D eigenvalue weighted by molar-refractivity contribution is 7.98. The maximum absolute atomic E-state index is 12.4. The van der Waals surface area contributed by atoms with Crippen LogP contribution in [0, 0.1) is 0 Å². The van der Waals surface area contributed by atoms with Crippen LogP contribution < -0.4 is 10.2 Å². The zero-order chi connectivity index (χ0) is 22.3. The van der Waals surface area contributed by atoms with Crippen LogP contribution in [0.5, 0.6) is 0 Å². The van der Waals surface area contributed by atoms with Gasteiger partial charge in [0.15, 0.2) is 10.9 Å². The van der Waals surface area contributed by atoms with E-state index in [9.17, 15) is 4.79 Å². The predicted molar refractivity (Wildman–Crippen MR) is 125 cm³/mol. The summed E-state index contributed by atoms with van der Waals surface area (Å²) in [6.45, 7) is 6.52. The average molecular weight is 453 g/mol. The minimum absolute atomic E-state index is 0.244. The Bertz CT molecular complexity index is 1030. The van der Waals surface area contributed by atoms with Gasteiger partial charge in [-0.2, -0.15) is 0 Å². The standard InChI is InChI=1S/C23H28N6O2S/c1-3-18-13-21(29-11-9-28(2)10-12-29)27-23(26-18)32-16-19-6-7-20(31-19)22(30)25-15-17-5-4-8-24-14-17/h4-8,13-14H,3,9-12,15-16H2,1-2H3,(H,25,30). The van der Waals surface area contributed by atoms with E-state index in [1.165, 1.54) is 11.8 Å². The predicted octanol–water partition coefficient (Wildman–Crippen LogP) is 3.00. The summed E-state index contributed by atoms with van der Waals surface area (Å²) in [4.78, 5) is 30.5. The molecule has 0 aromatic carbocycles. The van der Waals surface area contributed by atoms with Crippen molar-refractivity contribution in [2.45, 2.75) is 30.8 Å². The summed E-state index contributed by atoms with van der Waals surface area (Å²) in [7, 11) is 2.15. The lowest BCUT2D eigenvalue weighted by Gasteiger charge is -2.33. The Hall–Kier alpha value is -2.91. The van der Waals surface area contributed by atoms with Crippen LogP contribution in [0.25, 0.3) is 0 Å². The Balaban J connectivity index is 1.36. The van der Waals surface area contributed by atoms with E-state index in [1.54, 1.807) is 18.5 Å². The third-order valence-corrected chi connectivity index (χ3v) is 6.21. The second-order valence-electron chi connectivity index (χ2n) is 7.74. The van der Waals surface area contributed by atoms with E-state index >= 15 is 0 Å². The summed E-state index contributed by atoms with van der Waals surface area (Å²) < 4.78 is 5.75. The number of anilines is 1. The van der Waals surface area contributed by atoms with Crippen molar-refractivity contribution >= 4 is 23.5 Å². The molecule has 9 heteroatoms. The van der Waals surface area contributed by atoms with Crippen molar-refractivity contribution in [2.75, 3.05) is 38.1 Å². The number of rotatable bonds is 8. The number of hydrogen-bond donors (Lipinski definition) is 1. The minimum Gasteiger partial charge on any atom is -0.455 e. The van der Waals surface area contributed by atoms with E-state index < -0.39 is 0 Å². The molecule has 1 aliphatic heterocycles. The lowest BCUT2D eigenvalue weighted by Crippen LogP contribution is -2.44. The maximum atomic E-state index is 12.4. The first-order chi connectivity index (χ1) is 15.6. The van der Waals surface area contributed by atoms with Gasteiger partial charge in [0.2, 0.25) is 0 Å². The number of thioether (sulfide) groups is 1. The molecule has 1 saturated heterocycles. The highest BCUT2D eigenvalue weighted by Crippen LogP contribution is 2.24. The second-order valence-corrected chi connectivity index (χ2v) is 8.69. The molecule has 0 unspecified atom stereocenters. The van der Waals surface area contributed by atoms with E-state index in [-0.39, 0.29) is 5.91 Å². The fourth-order valence-corrected chi connectivity index (χ4v) is 4.15. The number of nitrogens with zero attached hydrogens (tertiary/aromatic N) is 5. The number of likely N-dealkylation sites (N-methyl/N-ethyl adjacent to an activating group) is 1. The Kier molecular flexibility index (Phi) is 7.39. The van der Waals surface area contributed by atoms with Crippen LogP contribution in [0.1, 0.15) is 34.5 Å². The molecule has 8 nitrogen and oxygen atoms in total. The van der Waals surface area contributed by atoms with E-state index in [1.807, 2.05) is 18.2 Å². The van der Waals surface area contributed by atoms with Gasteiger partial charge in [0, 0.05) is 56.9 Å². The number of pyridine rings is 1. The van der Waals surface area contributed by atoms with Crippen molar-refractivity contribution in [3.05, 3.63) is 65.5 Å². The topological polar surface area (TPSA) is 87.4 Å². The van der Waals surface area contributed by atoms with Gasteiger partial charge in [-0.15, -0.1) is 0 Å². The molecule has 0 saturated carbocycles. The van der Waals surface area contributed by atoms with Crippen LogP contribution >= 0.6 is 11.8 Å². The first kappa shape index (κ1) is 22.3. The monoisotopic (exact) mass is 452 g/mol. The molecular formula is C23H28N6O2S. The number of carbonyl (C=O) groups excluding carboxylic acids is 1. The zero-order valence-electron chi connectivity index (χ0n) is 18.5. The van der Waals surface area contributed by atoms with Gasteiger partial charge in [0.1, 0.15) is 11.6 Å². The number of aromatic nitrogens is 3. The quantitative estimate of drug-likeness (QED) is 0.412. The van der Waals surface area contributed by atoms with E-state index in [0.29, 0.717) is 23.8 Å². The third kappa shape index (κ3) is 5.86. The fourth-order valence-electron chi connectivity index (χ4n) is 3.39. The van der Waals surface area contributed by atoms with Crippen LogP contribution in [0.3, 0.4) is 0 Å². The first-order valence-electron chi connectivity index (χ1n) is 10.8. The Morgan fingerprint density at radius 2 is 2.03 bits per heavy atom. The molecule has 3 aromatic heterocycles. The van der Waals surface area contributed by atoms with Crippen molar-refractivity contribution in [2.24, 2.45) is 0 Å². The van der Waals surface area contributed by atoms with Gasteiger partial charge in [-0.05, 0) is 37.2 Å². The summed E-state index contributed by atoms with van der Waals surface area (Å²) in [6, 6.07) is 9.38. The first-order valence-corrected chi connectivity index (χ1v) is 11.8. The van der Waals surface area contributed by atoms with Crippen LogP contribution in [0.2, 0.25) is 0 Å². The number of hydrogen-bond acceptors (Lipinski definition) is 8. The summed E-state index contributed by atoms with van der Waals surface area (Å²) >= 11 is 1.52. The molecule has 32 heavy (non-hydrogen) atoms. The summed E-state index contributed by atoms with van der Waals surface area (Å²) in [5.41, 5.74) is 1.97. The average Bonchev–Trinajstić information content (AvgIpc) is 3.31. The van der Waals surface area contributed by atoms with Crippen molar-refractivity contribution in [1.82, 2.24) is 25.2 Å². The minimum atomic E-state index is -0.244.